The first kappa shape index (κ1) is 20.0. The summed E-state index contributed by atoms with van der Waals surface area (Å²) in [6.45, 7) is 0.487. The number of amides is 1. The van der Waals surface area contributed by atoms with E-state index in [0.29, 0.717) is 31.9 Å². The van der Waals surface area contributed by atoms with Crippen LogP contribution in [0.3, 0.4) is 0 Å². The number of aromatic nitrogens is 2. The van der Waals surface area contributed by atoms with Crippen LogP contribution in [0.25, 0.3) is 6.08 Å². The summed E-state index contributed by atoms with van der Waals surface area (Å²) in [5, 5.41) is 8.67. The van der Waals surface area contributed by atoms with Crippen molar-refractivity contribution in [3.8, 4) is 0 Å². The maximum Gasteiger partial charge on any atom is 0.249 e. The van der Waals surface area contributed by atoms with Crippen molar-refractivity contribution >= 4 is 68.5 Å². The van der Waals surface area contributed by atoms with E-state index >= 15 is 0 Å². The second kappa shape index (κ2) is 8.93. The highest BCUT2D eigenvalue weighted by molar-refractivity contribution is 9.10. The van der Waals surface area contributed by atoms with Gasteiger partial charge in [-0.1, -0.05) is 59.1 Å². The van der Waals surface area contributed by atoms with Crippen molar-refractivity contribution in [2.45, 2.75) is 6.54 Å². The van der Waals surface area contributed by atoms with Gasteiger partial charge in [0.15, 0.2) is 5.82 Å². The van der Waals surface area contributed by atoms with Crippen LogP contribution < -0.4 is 5.32 Å². The monoisotopic (exact) mass is 483 g/mol. The number of carbonyl (C=O) groups excluding carboxylic acids is 1. The molecule has 1 aromatic heterocycles. The Balaban J connectivity index is 1.68. The molecule has 0 atom stereocenters. The summed E-state index contributed by atoms with van der Waals surface area (Å²) in [7, 11) is 0. The third kappa shape index (κ3) is 5.36. The van der Waals surface area contributed by atoms with Gasteiger partial charge in [0.2, 0.25) is 5.91 Å². The van der Waals surface area contributed by atoms with Crippen LogP contribution in [0.4, 0.5) is 5.82 Å². The van der Waals surface area contributed by atoms with E-state index in [1.807, 2.05) is 24.3 Å². The van der Waals surface area contributed by atoms with Crippen molar-refractivity contribution in [2.75, 3.05) is 5.32 Å². The zero-order valence-electron chi connectivity index (χ0n) is 13.8. The van der Waals surface area contributed by atoms with Crippen LogP contribution in [0.5, 0.6) is 0 Å². The van der Waals surface area contributed by atoms with Crippen LogP contribution in [0, 0.1) is 0 Å². The summed E-state index contributed by atoms with van der Waals surface area (Å²) in [4.78, 5) is 12.2. The van der Waals surface area contributed by atoms with Crippen molar-refractivity contribution in [3.63, 3.8) is 0 Å². The van der Waals surface area contributed by atoms with Crippen molar-refractivity contribution in [1.82, 2.24) is 9.78 Å². The molecule has 0 bridgehead atoms. The number of hydrogen-bond donors (Lipinski definition) is 1. The fourth-order valence-electron chi connectivity index (χ4n) is 2.32. The first-order valence-electron chi connectivity index (χ1n) is 7.83. The second-order valence-electron chi connectivity index (χ2n) is 5.62. The van der Waals surface area contributed by atoms with Gasteiger partial charge in [-0.05, 0) is 51.3 Å². The summed E-state index contributed by atoms with van der Waals surface area (Å²) in [6, 6.07) is 12.7. The molecule has 0 saturated heterocycles. The Morgan fingerprint density at radius 2 is 1.89 bits per heavy atom. The molecule has 0 spiro atoms. The summed E-state index contributed by atoms with van der Waals surface area (Å²) >= 11 is 21.4. The number of rotatable bonds is 5. The average molecular weight is 486 g/mol. The van der Waals surface area contributed by atoms with Crippen molar-refractivity contribution < 1.29 is 4.79 Å². The van der Waals surface area contributed by atoms with Crippen LogP contribution in [0.1, 0.15) is 11.1 Å². The molecule has 27 heavy (non-hydrogen) atoms. The number of hydrogen-bond acceptors (Lipinski definition) is 2. The van der Waals surface area contributed by atoms with Gasteiger partial charge in [0.05, 0.1) is 21.1 Å². The minimum Gasteiger partial charge on any atom is -0.305 e. The minimum absolute atomic E-state index is 0.310. The van der Waals surface area contributed by atoms with E-state index in [4.69, 9.17) is 34.8 Å². The third-order valence-electron chi connectivity index (χ3n) is 3.61. The maximum absolute atomic E-state index is 12.2. The lowest BCUT2D eigenvalue weighted by molar-refractivity contribution is -0.111. The van der Waals surface area contributed by atoms with Gasteiger partial charge in [0.1, 0.15) is 0 Å². The molecule has 1 amide bonds. The first-order chi connectivity index (χ1) is 12.9. The quantitative estimate of drug-likeness (QED) is 0.431. The Bertz CT molecular complexity index is 1020. The molecule has 0 fully saturated rings. The summed E-state index contributed by atoms with van der Waals surface area (Å²) < 4.78 is 2.36. The standard InChI is InChI=1S/C19H13BrCl3N3O/c20-14-11-26(10-12-5-7-16(22)17(23)9-12)25-19(14)24-18(27)8-6-13-3-1-2-4-15(13)21/h1-9,11H,10H2,(H,24,25,27)/b8-6+. The Morgan fingerprint density at radius 3 is 2.63 bits per heavy atom. The molecule has 0 aliphatic heterocycles. The molecule has 3 rings (SSSR count). The lowest BCUT2D eigenvalue weighted by Gasteiger charge is -2.04. The molecular weight excluding hydrogens is 472 g/mol. The number of benzene rings is 2. The van der Waals surface area contributed by atoms with Gasteiger partial charge in [-0.15, -0.1) is 0 Å². The number of anilines is 1. The van der Waals surface area contributed by atoms with Crippen LogP contribution in [-0.4, -0.2) is 15.7 Å². The molecule has 0 unspecified atom stereocenters. The highest BCUT2D eigenvalue weighted by Crippen LogP contribution is 2.25. The van der Waals surface area contributed by atoms with Gasteiger partial charge in [0, 0.05) is 17.3 Å². The summed E-state index contributed by atoms with van der Waals surface area (Å²) in [5.74, 6) is 0.110. The number of halogens is 4. The Labute approximate surface area is 179 Å². The van der Waals surface area contributed by atoms with Crippen LogP contribution in [0.15, 0.2) is 59.2 Å². The maximum atomic E-state index is 12.2. The van der Waals surface area contributed by atoms with E-state index in [-0.39, 0.29) is 5.91 Å². The molecule has 2 aromatic carbocycles. The Kier molecular flexibility index (Phi) is 6.60. The molecule has 138 valence electrons. The van der Waals surface area contributed by atoms with E-state index < -0.39 is 0 Å². The fourth-order valence-corrected chi connectivity index (χ4v) is 3.26. The smallest absolute Gasteiger partial charge is 0.249 e. The van der Waals surface area contributed by atoms with Crippen molar-refractivity contribution in [1.29, 1.82) is 0 Å². The Hall–Kier alpha value is -1.79. The van der Waals surface area contributed by atoms with Crippen LogP contribution in [0.2, 0.25) is 15.1 Å². The van der Waals surface area contributed by atoms with Gasteiger partial charge >= 0.3 is 0 Å². The molecule has 0 aliphatic rings. The third-order valence-corrected chi connectivity index (χ3v) is 5.27. The fraction of sp³-hybridized carbons (Fsp3) is 0.0526. The summed E-state index contributed by atoms with van der Waals surface area (Å²) in [5.41, 5.74) is 1.70. The minimum atomic E-state index is -0.310. The van der Waals surface area contributed by atoms with E-state index in [1.54, 1.807) is 35.2 Å². The van der Waals surface area contributed by atoms with Gasteiger partial charge in [-0.3, -0.25) is 9.48 Å². The zero-order chi connectivity index (χ0) is 19.4. The predicted molar refractivity (Wildman–Crippen MR) is 115 cm³/mol. The predicted octanol–water partition coefficient (Wildman–Crippen LogP) is 6.31. The molecule has 3 aromatic rings. The highest BCUT2D eigenvalue weighted by Gasteiger charge is 2.10. The van der Waals surface area contributed by atoms with E-state index in [9.17, 15) is 4.79 Å². The van der Waals surface area contributed by atoms with Gasteiger partial charge in [-0.2, -0.15) is 5.10 Å². The second-order valence-corrected chi connectivity index (χ2v) is 7.69. The lowest BCUT2D eigenvalue weighted by atomic mass is 10.2. The first-order valence-corrected chi connectivity index (χ1v) is 9.75. The SMILES string of the molecule is O=C(/C=C/c1ccccc1Cl)Nc1nn(Cc2ccc(Cl)c(Cl)c2)cc1Br. The van der Waals surface area contributed by atoms with Crippen LogP contribution >= 0.6 is 50.7 Å². The molecule has 1 N–H and O–H groups in total. The molecule has 8 heteroatoms. The van der Waals surface area contributed by atoms with Gasteiger partial charge < -0.3 is 5.32 Å². The summed E-state index contributed by atoms with van der Waals surface area (Å²) in [6.07, 6.45) is 4.83. The van der Waals surface area contributed by atoms with E-state index in [0.717, 1.165) is 11.1 Å². The molecular formula is C19H13BrCl3N3O. The highest BCUT2D eigenvalue weighted by atomic mass is 79.9. The average Bonchev–Trinajstić information content (AvgIpc) is 2.96. The molecule has 0 radical (unpaired) electrons. The molecule has 0 aliphatic carbocycles. The lowest BCUT2D eigenvalue weighted by Crippen LogP contribution is -2.09. The van der Waals surface area contributed by atoms with Crippen LogP contribution in [-0.2, 0) is 11.3 Å². The number of nitrogens with one attached hydrogen (secondary N) is 1. The number of carbonyl (C=O) groups is 1. The zero-order valence-corrected chi connectivity index (χ0v) is 17.6. The molecule has 0 saturated carbocycles. The molecule has 1 heterocycles. The van der Waals surface area contributed by atoms with Gasteiger partial charge in [-0.25, -0.2) is 0 Å². The number of nitrogens with zero attached hydrogens (tertiary/aromatic N) is 2. The normalized spacial score (nSPS) is 11.1. The van der Waals surface area contributed by atoms with Gasteiger partial charge in [0.25, 0.3) is 0 Å². The van der Waals surface area contributed by atoms with E-state index in [1.165, 1.54) is 6.08 Å². The Morgan fingerprint density at radius 1 is 1.11 bits per heavy atom. The topological polar surface area (TPSA) is 46.9 Å². The van der Waals surface area contributed by atoms with Crippen molar-refractivity contribution in [2.24, 2.45) is 0 Å². The van der Waals surface area contributed by atoms with Crippen molar-refractivity contribution in [3.05, 3.63) is 85.4 Å². The molecule has 4 nitrogen and oxygen atoms in total. The largest absolute Gasteiger partial charge is 0.305 e. The van der Waals surface area contributed by atoms with E-state index in [2.05, 4.69) is 26.3 Å².